The van der Waals surface area contributed by atoms with E-state index in [1.807, 2.05) is 6.92 Å². The second kappa shape index (κ2) is 8.34. The third-order valence-electron chi connectivity index (χ3n) is 7.41. The van der Waals surface area contributed by atoms with Gasteiger partial charge in [-0.05, 0) is 62.2 Å². The summed E-state index contributed by atoms with van der Waals surface area (Å²) in [4.78, 5) is 22.6. The number of fused-ring (bicyclic) bond motifs is 1. The average Bonchev–Trinajstić information content (AvgIpc) is 2.56. The molecule has 2 aliphatic carbocycles. The van der Waals surface area contributed by atoms with Gasteiger partial charge in [0.2, 0.25) is 0 Å². The molecule has 0 amide bonds. The predicted octanol–water partition coefficient (Wildman–Crippen LogP) is 4.19. The molecule has 1 fully saturated rings. The van der Waals surface area contributed by atoms with Crippen LogP contribution < -0.4 is 0 Å². The van der Waals surface area contributed by atoms with Crippen LogP contribution in [0.25, 0.3) is 0 Å². The molecular formula is C22H36O5. The average molecular weight is 381 g/mol. The lowest BCUT2D eigenvalue weighted by molar-refractivity contribution is -0.182. The maximum atomic E-state index is 11.6. The number of aliphatic carboxylic acids is 1. The molecule has 0 aromatic rings. The third kappa shape index (κ3) is 4.39. The Bertz CT molecular complexity index is 598. The number of hydrogen-bond acceptors (Lipinski definition) is 4. The number of ether oxygens (including phenoxy) is 1. The van der Waals surface area contributed by atoms with Gasteiger partial charge >= 0.3 is 11.9 Å². The molecule has 2 N–H and O–H groups in total. The zero-order valence-electron chi connectivity index (χ0n) is 17.5. The molecule has 0 unspecified atom stereocenters. The molecule has 0 aliphatic heterocycles. The number of hydrogen-bond donors (Lipinski definition) is 2. The second-order valence-corrected chi connectivity index (χ2v) is 9.38. The maximum Gasteiger partial charge on any atom is 0.303 e. The maximum absolute atomic E-state index is 11.6. The highest BCUT2D eigenvalue weighted by atomic mass is 16.5. The van der Waals surface area contributed by atoms with Crippen molar-refractivity contribution in [1.82, 2.24) is 0 Å². The summed E-state index contributed by atoms with van der Waals surface area (Å²) in [6.45, 7) is 10.00. The molecule has 5 heteroatoms. The van der Waals surface area contributed by atoms with Crippen molar-refractivity contribution in [3.05, 3.63) is 11.6 Å². The van der Waals surface area contributed by atoms with E-state index in [-0.39, 0.29) is 42.4 Å². The van der Waals surface area contributed by atoms with Gasteiger partial charge in [-0.15, -0.1) is 0 Å². The topological polar surface area (TPSA) is 83.8 Å². The van der Waals surface area contributed by atoms with Gasteiger partial charge < -0.3 is 14.9 Å². The van der Waals surface area contributed by atoms with E-state index < -0.39 is 11.4 Å². The number of aliphatic hydroxyl groups excluding tert-OH is 1. The fraction of sp³-hybridized carbons (Fsp3) is 0.818. The Morgan fingerprint density at radius 3 is 2.59 bits per heavy atom. The summed E-state index contributed by atoms with van der Waals surface area (Å²) in [7, 11) is 0. The van der Waals surface area contributed by atoms with Crippen LogP contribution in [-0.4, -0.2) is 34.9 Å². The Hall–Kier alpha value is -1.36. The Morgan fingerprint density at radius 1 is 1.37 bits per heavy atom. The Labute approximate surface area is 163 Å². The van der Waals surface area contributed by atoms with Crippen LogP contribution in [0.4, 0.5) is 0 Å². The smallest absolute Gasteiger partial charge is 0.303 e. The molecule has 2 rings (SSSR count). The SMILES string of the molecule is CC(=O)O[C@H]1CC[C@]2(C)[C@H](CC=C(C)[C@H]2CC[C@@H](C)CC(=O)O)[C@]1(C)CO. The van der Waals surface area contributed by atoms with E-state index in [1.165, 1.54) is 12.5 Å². The summed E-state index contributed by atoms with van der Waals surface area (Å²) in [6, 6.07) is 0. The van der Waals surface area contributed by atoms with Gasteiger partial charge in [0.05, 0.1) is 6.61 Å². The van der Waals surface area contributed by atoms with Crippen LogP contribution in [0.2, 0.25) is 0 Å². The molecule has 154 valence electrons. The standard InChI is InChI=1S/C22H36O5/c1-14(12-20(25)26)6-8-17-15(2)7-9-18-21(17,4)11-10-19(27-16(3)24)22(18,5)13-23/h7,14,17-19,23H,6,8-13H2,1-5H3,(H,25,26)/t14-,17-,18+,19+,21+,22+/m1/s1. The number of allylic oxidation sites excluding steroid dienone is 2. The predicted molar refractivity (Wildman–Crippen MR) is 104 cm³/mol. The molecule has 1 saturated carbocycles. The lowest BCUT2D eigenvalue weighted by Crippen LogP contribution is -2.57. The highest BCUT2D eigenvalue weighted by molar-refractivity contribution is 5.67. The molecule has 0 heterocycles. The molecule has 27 heavy (non-hydrogen) atoms. The molecule has 0 saturated heterocycles. The Balaban J connectivity index is 2.25. The number of carbonyl (C=O) groups is 2. The first-order valence-corrected chi connectivity index (χ1v) is 10.2. The highest BCUT2D eigenvalue weighted by Gasteiger charge is 2.58. The molecule has 0 aromatic heterocycles. The summed E-state index contributed by atoms with van der Waals surface area (Å²) in [6.07, 6.45) is 6.68. The molecule has 2 aliphatic rings. The van der Waals surface area contributed by atoms with E-state index in [1.54, 1.807) is 0 Å². The molecule has 0 aromatic carbocycles. The van der Waals surface area contributed by atoms with Gasteiger partial charge in [0, 0.05) is 18.8 Å². The van der Waals surface area contributed by atoms with Crippen LogP contribution in [0.1, 0.15) is 73.1 Å². The molecule has 0 bridgehead atoms. The van der Waals surface area contributed by atoms with Crippen molar-refractivity contribution in [2.24, 2.45) is 28.6 Å². The largest absolute Gasteiger partial charge is 0.481 e. The van der Waals surface area contributed by atoms with E-state index >= 15 is 0 Å². The van der Waals surface area contributed by atoms with Gasteiger partial charge in [0.15, 0.2) is 0 Å². The minimum atomic E-state index is -0.739. The lowest BCUT2D eigenvalue weighted by Gasteiger charge is -2.59. The fourth-order valence-corrected chi connectivity index (χ4v) is 5.86. The van der Waals surface area contributed by atoms with Gasteiger partial charge in [-0.25, -0.2) is 0 Å². The van der Waals surface area contributed by atoms with E-state index in [4.69, 9.17) is 9.84 Å². The van der Waals surface area contributed by atoms with Crippen molar-refractivity contribution in [3.8, 4) is 0 Å². The normalized spacial score (nSPS) is 37.1. The molecule has 5 nitrogen and oxygen atoms in total. The summed E-state index contributed by atoms with van der Waals surface area (Å²) in [5.41, 5.74) is 0.943. The summed E-state index contributed by atoms with van der Waals surface area (Å²) >= 11 is 0. The van der Waals surface area contributed by atoms with Crippen molar-refractivity contribution < 1.29 is 24.5 Å². The van der Waals surface area contributed by atoms with Crippen LogP contribution in [-0.2, 0) is 14.3 Å². The zero-order chi connectivity index (χ0) is 20.4. The number of carboxylic acid groups (broad SMARTS) is 1. The Morgan fingerprint density at radius 2 is 2.04 bits per heavy atom. The van der Waals surface area contributed by atoms with E-state index in [0.717, 1.165) is 32.1 Å². The first-order chi connectivity index (χ1) is 12.5. The van der Waals surface area contributed by atoms with Crippen molar-refractivity contribution in [1.29, 1.82) is 0 Å². The number of carboxylic acids is 1. The first-order valence-electron chi connectivity index (χ1n) is 10.2. The van der Waals surface area contributed by atoms with Gasteiger partial charge in [-0.2, -0.15) is 0 Å². The summed E-state index contributed by atoms with van der Waals surface area (Å²) in [5.74, 6) is -0.267. The number of carbonyl (C=O) groups excluding carboxylic acids is 1. The van der Waals surface area contributed by atoms with Crippen molar-refractivity contribution in [2.45, 2.75) is 79.2 Å². The van der Waals surface area contributed by atoms with Crippen LogP contribution >= 0.6 is 0 Å². The number of rotatable bonds is 7. The van der Waals surface area contributed by atoms with E-state index in [0.29, 0.717) is 5.92 Å². The monoisotopic (exact) mass is 380 g/mol. The van der Waals surface area contributed by atoms with Crippen LogP contribution in [0.5, 0.6) is 0 Å². The van der Waals surface area contributed by atoms with Crippen molar-refractivity contribution >= 4 is 11.9 Å². The first kappa shape index (κ1) is 21.9. The number of aliphatic hydroxyl groups is 1. The minimum absolute atomic E-state index is 0.000226. The quantitative estimate of drug-likeness (QED) is 0.511. The van der Waals surface area contributed by atoms with Gasteiger partial charge in [0.25, 0.3) is 0 Å². The van der Waals surface area contributed by atoms with Gasteiger partial charge in [-0.3, -0.25) is 9.59 Å². The minimum Gasteiger partial charge on any atom is -0.481 e. The van der Waals surface area contributed by atoms with E-state index in [9.17, 15) is 14.7 Å². The third-order valence-corrected chi connectivity index (χ3v) is 7.41. The van der Waals surface area contributed by atoms with Crippen LogP contribution in [0.15, 0.2) is 11.6 Å². The molecule has 0 radical (unpaired) electrons. The summed E-state index contributed by atoms with van der Waals surface area (Å²) in [5, 5.41) is 19.3. The second-order valence-electron chi connectivity index (χ2n) is 9.38. The van der Waals surface area contributed by atoms with Crippen molar-refractivity contribution in [2.75, 3.05) is 6.61 Å². The molecular weight excluding hydrogens is 344 g/mol. The highest BCUT2D eigenvalue weighted by Crippen LogP contribution is 2.61. The molecule has 0 spiro atoms. The van der Waals surface area contributed by atoms with Gasteiger partial charge in [0.1, 0.15) is 6.10 Å². The van der Waals surface area contributed by atoms with Crippen LogP contribution in [0.3, 0.4) is 0 Å². The van der Waals surface area contributed by atoms with Crippen LogP contribution in [0, 0.1) is 28.6 Å². The van der Waals surface area contributed by atoms with Crippen molar-refractivity contribution in [3.63, 3.8) is 0 Å². The molecule has 6 atom stereocenters. The lowest BCUT2D eigenvalue weighted by atomic mass is 9.47. The summed E-state index contributed by atoms with van der Waals surface area (Å²) < 4.78 is 5.61. The Kier molecular flexibility index (Phi) is 6.77. The zero-order valence-corrected chi connectivity index (χ0v) is 17.5. The van der Waals surface area contributed by atoms with E-state index in [2.05, 4.69) is 26.8 Å². The number of esters is 1. The fourth-order valence-electron chi connectivity index (χ4n) is 5.86. The van der Waals surface area contributed by atoms with Gasteiger partial charge in [-0.1, -0.05) is 32.4 Å².